The van der Waals surface area contributed by atoms with Gasteiger partial charge >= 0.3 is 0 Å². The molecule has 6 nitrogen and oxygen atoms in total. The molecule has 0 spiro atoms. The summed E-state index contributed by atoms with van der Waals surface area (Å²) in [7, 11) is 0. The van der Waals surface area contributed by atoms with E-state index in [1.165, 1.54) is 6.33 Å². The SMILES string of the molecule is Nc1ncc(F)cc1C(=O)NCc1cnc[nH]1. The van der Waals surface area contributed by atoms with Gasteiger partial charge in [0, 0.05) is 6.20 Å². The predicted molar refractivity (Wildman–Crippen MR) is 58.4 cm³/mol. The second kappa shape index (κ2) is 4.60. The molecule has 2 rings (SSSR count). The van der Waals surface area contributed by atoms with Crippen LogP contribution < -0.4 is 11.1 Å². The van der Waals surface area contributed by atoms with E-state index in [0.29, 0.717) is 0 Å². The van der Waals surface area contributed by atoms with Crippen molar-refractivity contribution in [2.45, 2.75) is 6.54 Å². The normalized spacial score (nSPS) is 10.2. The van der Waals surface area contributed by atoms with Crippen LogP contribution in [0.3, 0.4) is 0 Å². The highest BCUT2D eigenvalue weighted by Gasteiger charge is 2.11. The van der Waals surface area contributed by atoms with E-state index < -0.39 is 11.7 Å². The minimum atomic E-state index is -0.606. The Morgan fingerprint density at radius 1 is 1.53 bits per heavy atom. The summed E-state index contributed by atoms with van der Waals surface area (Å²) in [6, 6.07) is 1.05. The minimum absolute atomic E-state index is 0.00601. The predicted octanol–water partition coefficient (Wildman–Crippen LogP) is 0.456. The van der Waals surface area contributed by atoms with Crippen LogP contribution in [0.25, 0.3) is 0 Å². The van der Waals surface area contributed by atoms with Crippen molar-refractivity contribution in [3.8, 4) is 0 Å². The second-order valence-corrected chi connectivity index (χ2v) is 3.35. The summed E-state index contributed by atoms with van der Waals surface area (Å²) in [6.45, 7) is 0.259. The van der Waals surface area contributed by atoms with Crippen molar-refractivity contribution in [3.63, 3.8) is 0 Å². The zero-order valence-corrected chi connectivity index (χ0v) is 8.77. The van der Waals surface area contributed by atoms with Gasteiger partial charge in [0.15, 0.2) is 0 Å². The largest absolute Gasteiger partial charge is 0.383 e. The van der Waals surface area contributed by atoms with E-state index in [1.54, 1.807) is 6.20 Å². The molecule has 2 aromatic rings. The Balaban J connectivity index is 2.07. The molecule has 0 atom stereocenters. The third-order valence-corrected chi connectivity index (χ3v) is 2.12. The number of nitrogens with two attached hydrogens (primary N) is 1. The molecule has 0 aromatic carbocycles. The van der Waals surface area contributed by atoms with E-state index in [-0.39, 0.29) is 17.9 Å². The highest BCUT2D eigenvalue weighted by molar-refractivity contribution is 5.98. The van der Waals surface area contributed by atoms with Crippen LogP contribution in [-0.4, -0.2) is 20.9 Å². The molecule has 2 aromatic heterocycles. The van der Waals surface area contributed by atoms with Crippen LogP contribution in [0.15, 0.2) is 24.8 Å². The van der Waals surface area contributed by atoms with E-state index in [1.807, 2.05) is 0 Å². The van der Waals surface area contributed by atoms with E-state index >= 15 is 0 Å². The van der Waals surface area contributed by atoms with E-state index in [9.17, 15) is 9.18 Å². The van der Waals surface area contributed by atoms with Gasteiger partial charge in [0.1, 0.15) is 11.6 Å². The van der Waals surface area contributed by atoms with Crippen molar-refractivity contribution in [2.24, 2.45) is 0 Å². The first-order valence-electron chi connectivity index (χ1n) is 4.83. The fourth-order valence-electron chi connectivity index (χ4n) is 1.28. The first-order chi connectivity index (χ1) is 8.16. The minimum Gasteiger partial charge on any atom is -0.383 e. The molecule has 0 bridgehead atoms. The topological polar surface area (TPSA) is 96.7 Å². The van der Waals surface area contributed by atoms with Crippen molar-refractivity contribution in [2.75, 3.05) is 5.73 Å². The number of nitrogens with zero attached hydrogens (tertiary/aromatic N) is 2. The van der Waals surface area contributed by atoms with Crippen LogP contribution in [0.4, 0.5) is 10.2 Å². The average molecular weight is 235 g/mol. The lowest BCUT2D eigenvalue weighted by Crippen LogP contribution is -2.24. The average Bonchev–Trinajstić information content (AvgIpc) is 2.82. The van der Waals surface area contributed by atoms with Crippen molar-refractivity contribution in [3.05, 3.63) is 41.9 Å². The molecule has 7 heteroatoms. The fourth-order valence-corrected chi connectivity index (χ4v) is 1.28. The molecule has 0 saturated heterocycles. The Kier molecular flexibility index (Phi) is 2.99. The molecule has 0 fully saturated rings. The van der Waals surface area contributed by atoms with Crippen LogP contribution in [0.1, 0.15) is 16.1 Å². The third kappa shape index (κ3) is 2.57. The summed E-state index contributed by atoms with van der Waals surface area (Å²) in [6.07, 6.45) is 4.04. The molecule has 0 aliphatic heterocycles. The molecule has 4 N–H and O–H groups in total. The number of imidazole rings is 1. The van der Waals surface area contributed by atoms with E-state index in [4.69, 9.17) is 5.73 Å². The van der Waals surface area contributed by atoms with Crippen LogP contribution in [0.5, 0.6) is 0 Å². The van der Waals surface area contributed by atoms with Crippen molar-refractivity contribution in [1.82, 2.24) is 20.3 Å². The Bertz CT molecular complexity index is 525. The number of rotatable bonds is 3. The maximum atomic E-state index is 12.9. The molecule has 0 unspecified atom stereocenters. The lowest BCUT2D eigenvalue weighted by molar-refractivity contribution is 0.0950. The highest BCUT2D eigenvalue weighted by atomic mass is 19.1. The number of halogens is 1. The number of anilines is 1. The van der Waals surface area contributed by atoms with Gasteiger partial charge in [-0.2, -0.15) is 0 Å². The first-order valence-corrected chi connectivity index (χ1v) is 4.83. The van der Waals surface area contributed by atoms with Gasteiger partial charge in [-0.1, -0.05) is 0 Å². The summed E-state index contributed by atoms with van der Waals surface area (Å²) < 4.78 is 12.9. The number of H-pyrrole nitrogens is 1. The number of hydrogen-bond acceptors (Lipinski definition) is 4. The molecule has 0 saturated carbocycles. The highest BCUT2D eigenvalue weighted by Crippen LogP contribution is 2.09. The number of hydrogen-bond donors (Lipinski definition) is 3. The van der Waals surface area contributed by atoms with Crippen LogP contribution in [0.2, 0.25) is 0 Å². The Hall–Kier alpha value is -2.44. The van der Waals surface area contributed by atoms with Crippen molar-refractivity contribution < 1.29 is 9.18 Å². The zero-order valence-electron chi connectivity index (χ0n) is 8.77. The maximum absolute atomic E-state index is 12.9. The lowest BCUT2D eigenvalue weighted by atomic mass is 10.2. The van der Waals surface area contributed by atoms with Gasteiger partial charge in [0.2, 0.25) is 0 Å². The molecule has 17 heavy (non-hydrogen) atoms. The first kappa shape index (κ1) is 11.1. The van der Waals surface area contributed by atoms with Gasteiger partial charge in [-0.3, -0.25) is 4.79 Å². The summed E-state index contributed by atoms with van der Waals surface area (Å²) in [5.41, 5.74) is 6.24. The Morgan fingerprint density at radius 3 is 3.06 bits per heavy atom. The second-order valence-electron chi connectivity index (χ2n) is 3.35. The van der Waals surface area contributed by atoms with Gasteiger partial charge in [-0.25, -0.2) is 14.4 Å². The fraction of sp³-hybridized carbons (Fsp3) is 0.100. The van der Waals surface area contributed by atoms with Crippen molar-refractivity contribution in [1.29, 1.82) is 0 Å². The summed E-state index contributed by atoms with van der Waals surface area (Å²) in [5, 5.41) is 2.57. The quantitative estimate of drug-likeness (QED) is 0.719. The van der Waals surface area contributed by atoms with Gasteiger partial charge in [0.25, 0.3) is 5.91 Å². The molecule has 0 aliphatic carbocycles. The molecule has 88 valence electrons. The Labute approximate surface area is 96.1 Å². The number of aromatic amines is 1. The van der Waals surface area contributed by atoms with Gasteiger partial charge < -0.3 is 16.0 Å². The number of amides is 1. The number of pyridine rings is 1. The molecule has 0 radical (unpaired) electrons. The molecule has 0 aliphatic rings. The number of nitrogen functional groups attached to an aromatic ring is 1. The molecular formula is C10H10FN5O. The molecule has 1 amide bonds. The van der Waals surface area contributed by atoms with E-state index in [0.717, 1.165) is 18.0 Å². The summed E-state index contributed by atoms with van der Waals surface area (Å²) in [4.78, 5) is 21.9. The van der Waals surface area contributed by atoms with Crippen molar-refractivity contribution >= 4 is 11.7 Å². The van der Waals surface area contributed by atoms with Crippen LogP contribution in [0, 0.1) is 5.82 Å². The molecular weight excluding hydrogens is 225 g/mol. The van der Waals surface area contributed by atoms with Gasteiger partial charge in [0.05, 0.1) is 30.3 Å². The lowest BCUT2D eigenvalue weighted by Gasteiger charge is -2.05. The number of carbonyl (C=O) groups excluding carboxylic acids is 1. The molecule has 2 heterocycles. The van der Waals surface area contributed by atoms with Crippen LogP contribution >= 0.6 is 0 Å². The standard InChI is InChI=1S/C10H10FN5O/c11-6-1-8(9(12)14-2-6)10(17)15-4-7-3-13-5-16-7/h1-3,5H,4H2,(H2,12,14)(H,13,16)(H,15,17). The number of aromatic nitrogens is 3. The smallest absolute Gasteiger partial charge is 0.255 e. The number of carbonyl (C=O) groups is 1. The Morgan fingerprint density at radius 2 is 2.35 bits per heavy atom. The van der Waals surface area contributed by atoms with Gasteiger partial charge in [-0.05, 0) is 6.07 Å². The maximum Gasteiger partial charge on any atom is 0.255 e. The summed E-state index contributed by atoms with van der Waals surface area (Å²) >= 11 is 0. The monoisotopic (exact) mass is 235 g/mol. The third-order valence-electron chi connectivity index (χ3n) is 2.12. The van der Waals surface area contributed by atoms with E-state index in [2.05, 4.69) is 20.3 Å². The zero-order chi connectivity index (χ0) is 12.3. The summed E-state index contributed by atoms with van der Waals surface area (Å²) in [5.74, 6) is -1.09. The number of nitrogens with one attached hydrogen (secondary N) is 2. The van der Waals surface area contributed by atoms with Crippen LogP contribution in [-0.2, 0) is 6.54 Å². The van der Waals surface area contributed by atoms with Gasteiger partial charge in [-0.15, -0.1) is 0 Å².